The summed E-state index contributed by atoms with van der Waals surface area (Å²) >= 11 is 0. The van der Waals surface area contributed by atoms with Crippen LogP contribution in [-0.2, 0) is 0 Å². The Bertz CT molecular complexity index is 827. The van der Waals surface area contributed by atoms with Gasteiger partial charge in [-0.3, -0.25) is 0 Å². The minimum absolute atomic E-state index is 0.145. The van der Waals surface area contributed by atoms with Gasteiger partial charge in [-0.1, -0.05) is 18.2 Å². The van der Waals surface area contributed by atoms with Gasteiger partial charge in [0.15, 0.2) is 0 Å². The van der Waals surface area contributed by atoms with Gasteiger partial charge in [0.05, 0.1) is 6.10 Å². The van der Waals surface area contributed by atoms with E-state index in [0.29, 0.717) is 0 Å². The van der Waals surface area contributed by atoms with E-state index in [9.17, 15) is 0 Å². The van der Waals surface area contributed by atoms with Crippen LogP contribution >= 0.6 is 0 Å². The maximum Gasteiger partial charge on any atom is 0.131 e. The summed E-state index contributed by atoms with van der Waals surface area (Å²) in [7, 11) is 0. The normalized spacial score (nSPS) is 10.8. The highest BCUT2D eigenvalue weighted by atomic mass is 16.5. The van der Waals surface area contributed by atoms with E-state index in [1.165, 1.54) is 5.39 Å². The molecule has 3 aromatic rings. The predicted molar refractivity (Wildman–Crippen MR) is 100 cm³/mol. The van der Waals surface area contributed by atoms with Crippen LogP contribution in [0.2, 0.25) is 0 Å². The highest BCUT2D eigenvalue weighted by Gasteiger charge is 2.03. The van der Waals surface area contributed by atoms with Crippen molar-refractivity contribution >= 4 is 16.5 Å². The molecule has 0 aliphatic heterocycles. The number of nitrogens with one attached hydrogen (secondary N) is 1. The van der Waals surface area contributed by atoms with Crippen LogP contribution in [0, 0.1) is 0 Å². The second kappa shape index (κ2) is 7.26. The SMILES string of the molecule is CCNc1ccc2cc(Oc3cccc(OC(C)C)c3)ccc2c1. The summed E-state index contributed by atoms with van der Waals surface area (Å²) in [4.78, 5) is 0. The third-order valence-electron chi connectivity index (χ3n) is 3.61. The highest BCUT2D eigenvalue weighted by Crippen LogP contribution is 2.29. The van der Waals surface area contributed by atoms with Crippen molar-refractivity contribution in [3.63, 3.8) is 0 Å². The first-order valence-corrected chi connectivity index (χ1v) is 8.36. The lowest BCUT2D eigenvalue weighted by Gasteiger charge is -2.12. The van der Waals surface area contributed by atoms with E-state index < -0.39 is 0 Å². The number of rotatable bonds is 6. The van der Waals surface area contributed by atoms with E-state index in [-0.39, 0.29) is 6.10 Å². The Morgan fingerprint density at radius 3 is 2.33 bits per heavy atom. The van der Waals surface area contributed by atoms with Crippen molar-refractivity contribution in [3.05, 3.63) is 60.7 Å². The zero-order valence-electron chi connectivity index (χ0n) is 14.4. The van der Waals surface area contributed by atoms with Crippen LogP contribution in [-0.4, -0.2) is 12.6 Å². The molecule has 0 atom stereocenters. The zero-order valence-corrected chi connectivity index (χ0v) is 14.4. The van der Waals surface area contributed by atoms with Crippen molar-refractivity contribution < 1.29 is 9.47 Å². The van der Waals surface area contributed by atoms with Crippen LogP contribution in [0.3, 0.4) is 0 Å². The van der Waals surface area contributed by atoms with Gasteiger partial charge in [0, 0.05) is 18.3 Å². The van der Waals surface area contributed by atoms with Crippen LogP contribution in [0.5, 0.6) is 17.2 Å². The van der Waals surface area contributed by atoms with Gasteiger partial charge in [0.1, 0.15) is 17.2 Å². The number of anilines is 1. The zero-order chi connectivity index (χ0) is 16.9. The van der Waals surface area contributed by atoms with Crippen molar-refractivity contribution in [1.29, 1.82) is 0 Å². The molecular weight excluding hydrogens is 298 g/mol. The van der Waals surface area contributed by atoms with Crippen LogP contribution in [0.25, 0.3) is 10.8 Å². The topological polar surface area (TPSA) is 30.5 Å². The Kier molecular flexibility index (Phi) is 4.90. The van der Waals surface area contributed by atoms with Gasteiger partial charge < -0.3 is 14.8 Å². The molecule has 3 aromatic carbocycles. The number of benzene rings is 3. The first-order chi connectivity index (χ1) is 11.6. The number of hydrogen-bond acceptors (Lipinski definition) is 3. The second-order valence-electron chi connectivity index (χ2n) is 6.00. The summed E-state index contributed by atoms with van der Waals surface area (Å²) in [6, 6.07) is 20.2. The summed E-state index contributed by atoms with van der Waals surface area (Å²) in [6.07, 6.45) is 0.145. The van der Waals surface area contributed by atoms with Crippen LogP contribution in [0.15, 0.2) is 60.7 Å². The molecule has 0 unspecified atom stereocenters. The van der Waals surface area contributed by atoms with Crippen LogP contribution in [0.4, 0.5) is 5.69 Å². The first kappa shape index (κ1) is 16.2. The Balaban J connectivity index is 1.81. The molecule has 3 heteroatoms. The minimum Gasteiger partial charge on any atom is -0.491 e. The van der Waals surface area contributed by atoms with Gasteiger partial charge >= 0.3 is 0 Å². The monoisotopic (exact) mass is 321 g/mol. The smallest absolute Gasteiger partial charge is 0.131 e. The molecule has 124 valence electrons. The van der Waals surface area contributed by atoms with Gasteiger partial charge in [0.2, 0.25) is 0 Å². The lowest BCUT2D eigenvalue weighted by atomic mass is 10.1. The average molecular weight is 321 g/mol. The van der Waals surface area contributed by atoms with Gasteiger partial charge in [-0.2, -0.15) is 0 Å². The van der Waals surface area contributed by atoms with Crippen molar-refractivity contribution in [2.24, 2.45) is 0 Å². The maximum absolute atomic E-state index is 5.99. The molecule has 0 aliphatic rings. The van der Waals surface area contributed by atoms with E-state index >= 15 is 0 Å². The van der Waals surface area contributed by atoms with Crippen molar-refractivity contribution in [3.8, 4) is 17.2 Å². The molecule has 0 bridgehead atoms. The fraction of sp³-hybridized carbons (Fsp3) is 0.238. The van der Waals surface area contributed by atoms with Crippen molar-refractivity contribution in [1.82, 2.24) is 0 Å². The molecule has 0 aliphatic carbocycles. The summed E-state index contributed by atoms with van der Waals surface area (Å²) in [5.74, 6) is 2.41. The van der Waals surface area contributed by atoms with E-state index in [4.69, 9.17) is 9.47 Å². The summed E-state index contributed by atoms with van der Waals surface area (Å²) < 4.78 is 11.7. The summed E-state index contributed by atoms with van der Waals surface area (Å²) in [5, 5.41) is 5.68. The third-order valence-corrected chi connectivity index (χ3v) is 3.61. The van der Waals surface area contributed by atoms with Crippen molar-refractivity contribution in [2.45, 2.75) is 26.9 Å². The molecule has 3 nitrogen and oxygen atoms in total. The largest absolute Gasteiger partial charge is 0.491 e. The molecule has 1 N–H and O–H groups in total. The Hall–Kier alpha value is -2.68. The molecular formula is C21H23NO2. The average Bonchev–Trinajstić information content (AvgIpc) is 2.55. The van der Waals surface area contributed by atoms with Gasteiger partial charge in [-0.05, 0) is 67.9 Å². The predicted octanol–water partition coefficient (Wildman–Crippen LogP) is 5.85. The lowest BCUT2D eigenvalue weighted by Crippen LogP contribution is -2.05. The van der Waals surface area contributed by atoms with E-state index in [1.807, 2.05) is 44.2 Å². The molecule has 3 rings (SSSR count). The molecule has 0 saturated carbocycles. The molecule has 0 saturated heterocycles. The molecule has 0 radical (unpaired) electrons. The van der Waals surface area contributed by atoms with Gasteiger partial charge in [-0.15, -0.1) is 0 Å². The van der Waals surface area contributed by atoms with E-state index in [0.717, 1.165) is 34.9 Å². The lowest BCUT2D eigenvalue weighted by molar-refractivity contribution is 0.241. The number of ether oxygens (including phenoxy) is 2. The van der Waals surface area contributed by atoms with Crippen molar-refractivity contribution in [2.75, 3.05) is 11.9 Å². The second-order valence-corrected chi connectivity index (χ2v) is 6.00. The molecule has 0 aromatic heterocycles. The fourth-order valence-corrected chi connectivity index (χ4v) is 2.62. The maximum atomic E-state index is 5.99. The Morgan fingerprint density at radius 2 is 1.54 bits per heavy atom. The van der Waals surface area contributed by atoms with E-state index in [2.05, 4.69) is 42.6 Å². The number of fused-ring (bicyclic) bond motifs is 1. The molecule has 0 heterocycles. The van der Waals surface area contributed by atoms with E-state index in [1.54, 1.807) is 0 Å². The molecule has 0 amide bonds. The molecule has 0 fully saturated rings. The van der Waals surface area contributed by atoms with Gasteiger partial charge in [-0.25, -0.2) is 0 Å². The fourth-order valence-electron chi connectivity index (χ4n) is 2.62. The van der Waals surface area contributed by atoms with Crippen LogP contribution < -0.4 is 14.8 Å². The third kappa shape index (κ3) is 3.99. The summed E-state index contributed by atoms with van der Waals surface area (Å²) in [5.41, 5.74) is 1.14. The number of hydrogen-bond donors (Lipinski definition) is 1. The molecule has 24 heavy (non-hydrogen) atoms. The quantitative estimate of drug-likeness (QED) is 0.617. The highest BCUT2D eigenvalue weighted by molar-refractivity contribution is 5.87. The molecule has 0 spiro atoms. The minimum atomic E-state index is 0.145. The Labute approximate surface area is 143 Å². The first-order valence-electron chi connectivity index (χ1n) is 8.36. The van der Waals surface area contributed by atoms with Crippen LogP contribution in [0.1, 0.15) is 20.8 Å². The summed E-state index contributed by atoms with van der Waals surface area (Å²) in [6.45, 7) is 7.04. The van der Waals surface area contributed by atoms with Gasteiger partial charge in [0.25, 0.3) is 0 Å². The Morgan fingerprint density at radius 1 is 0.833 bits per heavy atom. The standard InChI is InChI=1S/C21H23NO2/c1-4-22-18-10-8-17-13-21(11-9-16(17)12-18)24-20-7-5-6-19(14-20)23-15(2)3/h5-15,22H,4H2,1-3H3.